The van der Waals surface area contributed by atoms with Crippen molar-refractivity contribution >= 4 is 17.5 Å². The maximum atomic E-state index is 13.1. The molecule has 0 radical (unpaired) electrons. The Bertz CT molecular complexity index is 759. The summed E-state index contributed by atoms with van der Waals surface area (Å²) < 4.78 is 18.7. The van der Waals surface area contributed by atoms with Gasteiger partial charge in [-0.1, -0.05) is 0 Å². The summed E-state index contributed by atoms with van der Waals surface area (Å²) in [6.45, 7) is 3.56. The Kier molecular flexibility index (Phi) is 9.52. The maximum absolute atomic E-state index is 13.1. The molecular weight excluding hydrogens is 393 g/mol. The molecule has 9 nitrogen and oxygen atoms in total. The summed E-state index contributed by atoms with van der Waals surface area (Å²) in [6.07, 6.45) is 2.86. The minimum Gasteiger partial charge on any atom is -0.396 e. The molecule has 2 rings (SSSR count). The molecule has 0 unspecified atom stereocenters. The van der Waals surface area contributed by atoms with Gasteiger partial charge >= 0.3 is 0 Å². The number of hydrogen-bond donors (Lipinski definition) is 6. The summed E-state index contributed by atoms with van der Waals surface area (Å²) in [4.78, 5) is 24.0. The molecule has 0 aliphatic carbocycles. The van der Waals surface area contributed by atoms with Crippen LogP contribution in [0.4, 0.5) is 10.1 Å². The molecule has 1 aliphatic heterocycles. The number of ether oxygens (including phenoxy) is 1. The smallest absolute Gasteiger partial charge is 0.251 e. The molecule has 2 amide bonds. The highest BCUT2D eigenvalue weighted by atomic mass is 19.1. The Morgan fingerprint density at radius 3 is 2.63 bits per heavy atom. The van der Waals surface area contributed by atoms with Gasteiger partial charge in [0, 0.05) is 43.5 Å². The first-order valence-electron chi connectivity index (χ1n) is 9.92. The molecular formula is C20H30FN5O4. The fourth-order valence-electron chi connectivity index (χ4n) is 2.83. The summed E-state index contributed by atoms with van der Waals surface area (Å²) in [5, 5.41) is 20.7. The third-order valence-corrected chi connectivity index (χ3v) is 4.59. The average molecular weight is 423 g/mol. The number of nitrogen functional groups attached to an aromatic ring is 1. The van der Waals surface area contributed by atoms with E-state index in [1.165, 1.54) is 12.1 Å². The first kappa shape index (κ1) is 23.6. The summed E-state index contributed by atoms with van der Waals surface area (Å²) in [6, 6.07) is 3.82. The number of hydrogen-bond acceptors (Lipinski definition) is 7. The normalized spacial score (nSPS) is 18.8. The van der Waals surface area contributed by atoms with Crippen molar-refractivity contribution in [2.75, 3.05) is 38.5 Å². The van der Waals surface area contributed by atoms with Crippen LogP contribution in [0.15, 0.2) is 30.0 Å². The monoisotopic (exact) mass is 423 g/mol. The van der Waals surface area contributed by atoms with Crippen molar-refractivity contribution in [3.63, 3.8) is 0 Å². The van der Waals surface area contributed by atoms with Crippen LogP contribution in [0.3, 0.4) is 0 Å². The topological polar surface area (TPSA) is 138 Å². The van der Waals surface area contributed by atoms with E-state index in [4.69, 9.17) is 15.6 Å². The number of nitrogens with two attached hydrogens (primary N) is 1. The lowest BCUT2D eigenvalue weighted by molar-refractivity contribution is -0.117. The summed E-state index contributed by atoms with van der Waals surface area (Å²) in [5.74, 6) is -1.08. The van der Waals surface area contributed by atoms with Crippen LogP contribution in [0, 0.1) is 5.82 Å². The molecule has 2 atom stereocenters. The summed E-state index contributed by atoms with van der Waals surface area (Å²) in [5.41, 5.74) is 6.21. The lowest BCUT2D eigenvalue weighted by Crippen LogP contribution is -2.37. The number of anilines is 1. The van der Waals surface area contributed by atoms with E-state index in [0.717, 1.165) is 18.9 Å². The minimum atomic E-state index is -0.557. The molecule has 1 aromatic carbocycles. The van der Waals surface area contributed by atoms with Gasteiger partial charge in [0.25, 0.3) is 5.91 Å². The first-order valence-corrected chi connectivity index (χ1v) is 9.92. The Balaban J connectivity index is 1.54. The van der Waals surface area contributed by atoms with E-state index in [1.54, 1.807) is 13.1 Å². The fraction of sp³-hybridized carbons (Fsp3) is 0.500. The molecule has 10 heteroatoms. The molecule has 0 saturated carbocycles. The van der Waals surface area contributed by atoms with E-state index in [-0.39, 0.29) is 36.4 Å². The zero-order chi connectivity index (χ0) is 21.9. The number of halogens is 1. The molecule has 1 heterocycles. The summed E-state index contributed by atoms with van der Waals surface area (Å²) in [7, 11) is 0. The zero-order valence-electron chi connectivity index (χ0n) is 17.0. The zero-order valence-corrected chi connectivity index (χ0v) is 17.0. The number of carbonyl (C=O) groups excluding carboxylic acids is 2. The van der Waals surface area contributed by atoms with E-state index in [0.29, 0.717) is 37.3 Å². The highest BCUT2D eigenvalue weighted by Crippen LogP contribution is 2.17. The van der Waals surface area contributed by atoms with Gasteiger partial charge in [0.2, 0.25) is 5.91 Å². The van der Waals surface area contributed by atoms with Crippen LogP contribution in [0.1, 0.15) is 30.1 Å². The van der Waals surface area contributed by atoms with E-state index in [2.05, 4.69) is 21.3 Å². The van der Waals surface area contributed by atoms with Crippen molar-refractivity contribution in [3.05, 3.63) is 41.4 Å². The van der Waals surface area contributed by atoms with Crippen LogP contribution in [-0.2, 0) is 9.53 Å². The molecule has 1 saturated heterocycles. The van der Waals surface area contributed by atoms with Crippen LogP contribution in [0.5, 0.6) is 0 Å². The standard InChI is InChI=1S/C20H30FN5O4/c1-13(11-26-18-5-3-15(12-27)30-18)19(28)24-8-6-23-7-9-25-20(29)14-2-4-16(21)17(22)10-14/h2,4,10-11,15,18,23,26-27H,3,5-9,12,22H2,1H3,(H,24,28)(H,25,29)/b13-11-/t15-,18+/m0/s1. The first-order chi connectivity index (χ1) is 14.4. The van der Waals surface area contributed by atoms with Crippen molar-refractivity contribution < 1.29 is 23.8 Å². The van der Waals surface area contributed by atoms with E-state index >= 15 is 0 Å². The number of carbonyl (C=O) groups is 2. The molecule has 0 aromatic heterocycles. The lowest BCUT2D eigenvalue weighted by atomic mass is 10.2. The Morgan fingerprint density at radius 2 is 1.97 bits per heavy atom. The average Bonchev–Trinajstić information content (AvgIpc) is 3.21. The van der Waals surface area contributed by atoms with E-state index in [9.17, 15) is 14.0 Å². The molecule has 30 heavy (non-hydrogen) atoms. The van der Waals surface area contributed by atoms with Gasteiger partial charge in [0.15, 0.2) is 0 Å². The van der Waals surface area contributed by atoms with Crippen molar-refractivity contribution in [2.45, 2.75) is 32.1 Å². The lowest BCUT2D eigenvalue weighted by Gasteiger charge is -2.13. The molecule has 7 N–H and O–H groups in total. The fourth-order valence-corrected chi connectivity index (χ4v) is 2.83. The quantitative estimate of drug-likeness (QED) is 0.165. The SMILES string of the molecule is C/C(=C/N[C@H]1CC[C@@H](CO)O1)C(=O)NCCNCCNC(=O)c1ccc(F)c(N)c1. The predicted octanol–water partition coefficient (Wildman–Crippen LogP) is -0.166. The molecule has 1 aliphatic rings. The van der Waals surface area contributed by atoms with Crippen LogP contribution < -0.4 is 27.0 Å². The number of amides is 2. The van der Waals surface area contributed by atoms with Crippen LogP contribution in [0.2, 0.25) is 0 Å². The second-order valence-corrected chi connectivity index (χ2v) is 7.00. The highest BCUT2D eigenvalue weighted by Gasteiger charge is 2.23. The number of aliphatic hydroxyl groups excluding tert-OH is 1. The van der Waals surface area contributed by atoms with E-state index < -0.39 is 5.82 Å². The number of rotatable bonds is 11. The van der Waals surface area contributed by atoms with Crippen molar-refractivity contribution in [3.8, 4) is 0 Å². The van der Waals surface area contributed by atoms with Gasteiger partial charge < -0.3 is 36.8 Å². The minimum absolute atomic E-state index is 0.00108. The largest absolute Gasteiger partial charge is 0.396 e. The van der Waals surface area contributed by atoms with Crippen molar-refractivity contribution in [1.29, 1.82) is 0 Å². The van der Waals surface area contributed by atoms with E-state index in [1.807, 2.05) is 0 Å². The Morgan fingerprint density at radius 1 is 1.23 bits per heavy atom. The molecule has 1 fully saturated rings. The van der Waals surface area contributed by atoms with Gasteiger partial charge in [0.1, 0.15) is 12.0 Å². The third kappa shape index (κ3) is 7.62. The third-order valence-electron chi connectivity index (χ3n) is 4.59. The van der Waals surface area contributed by atoms with Gasteiger partial charge in [-0.25, -0.2) is 4.39 Å². The van der Waals surface area contributed by atoms with Gasteiger partial charge in [-0.05, 0) is 38.0 Å². The predicted molar refractivity (Wildman–Crippen MR) is 111 cm³/mol. The highest BCUT2D eigenvalue weighted by molar-refractivity contribution is 5.95. The summed E-state index contributed by atoms with van der Waals surface area (Å²) >= 11 is 0. The van der Waals surface area contributed by atoms with Crippen molar-refractivity contribution in [1.82, 2.24) is 21.3 Å². The number of nitrogens with one attached hydrogen (secondary N) is 4. The van der Waals surface area contributed by atoms with Gasteiger partial charge in [-0.2, -0.15) is 0 Å². The number of benzene rings is 1. The van der Waals surface area contributed by atoms with Crippen molar-refractivity contribution in [2.24, 2.45) is 0 Å². The molecule has 166 valence electrons. The molecule has 1 aromatic rings. The van der Waals surface area contributed by atoms with Crippen LogP contribution in [0.25, 0.3) is 0 Å². The maximum Gasteiger partial charge on any atom is 0.251 e. The Hall–Kier alpha value is -2.69. The molecule has 0 bridgehead atoms. The van der Waals surface area contributed by atoms with Gasteiger partial charge in [0.05, 0.1) is 18.4 Å². The van der Waals surface area contributed by atoms with Crippen LogP contribution in [-0.4, -0.2) is 62.0 Å². The number of aliphatic hydroxyl groups is 1. The van der Waals surface area contributed by atoms with Gasteiger partial charge in [-0.15, -0.1) is 0 Å². The second kappa shape index (κ2) is 12.1. The van der Waals surface area contributed by atoms with Gasteiger partial charge in [-0.3, -0.25) is 9.59 Å². The Labute approximate surface area is 175 Å². The van der Waals surface area contributed by atoms with Crippen LogP contribution >= 0.6 is 0 Å². The molecule has 0 spiro atoms. The second-order valence-electron chi connectivity index (χ2n) is 7.00.